The highest BCUT2D eigenvalue weighted by Gasteiger charge is 2.17. The van der Waals surface area contributed by atoms with Crippen LogP contribution in [-0.2, 0) is 13.6 Å². The molecular formula is C14H22N4O3S. The van der Waals surface area contributed by atoms with E-state index in [0.29, 0.717) is 35.8 Å². The van der Waals surface area contributed by atoms with Crippen LogP contribution in [0.4, 0.5) is 0 Å². The largest absolute Gasteiger partial charge is 0.396 e. The summed E-state index contributed by atoms with van der Waals surface area (Å²) in [6.07, 6.45) is 1.58. The smallest absolute Gasteiger partial charge is 0.329 e. The van der Waals surface area contributed by atoms with Crippen LogP contribution in [0.15, 0.2) is 14.7 Å². The molecule has 0 unspecified atom stereocenters. The van der Waals surface area contributed by atoms with Crippen molar-refractivity contribution in [1.82, 2.24) is 19.1 Å². The van der Waals surface area contributed by atoms with Crippen LogP contribution in [0.25, 0.3) is 11.2 Å². The second-order valence-electron chi connectivity index (χ2n) is 5.64. The highest BCUT2D eigenvalue weighted by molar-refractivity contribution is 7.99. The quantitative estimate of drug-likeness (QED) is 0.583. The number of aromatic amines is 1. The van der Waals surface area contributed by atoms with E-state index in [0.717, 1.165) is 11.6 Å². The molecule has 2 rings (SSSR count). The van der Waals surface area contributed by atoms with Crippen molar-refractivity contribution in [3.05, 3.63) is 20.8 Å². The first-order valence-corrected chi connectivity index (χ1v) is 8.37. The predicted molar refractivity (Wildman–Crippen MR) is 87.5 cm³/mol. The maximum atomic E-state index is 12.2. The molecule has 0 aliphatic heterocycles. The number of aryl methyl sites for hydroxylation is 2. The molecule has 0 saturated heterocycles. The molecule has 8 heteroatoms. The van der Waals surface area contributed by atoms with Crippen LogP contribution < -0.4 is 11.2 Å². The molecule has 0 amide bonds. The Balaban J connectivity index is 2.53. The Morgan fingerprint density at radius 1 is 1.36 bits per heavy atom. The molecule has 0 aliphatic rings. The highest BCUT2D eigenvalue weighted by Crippen LogP contribution is 2.23. The van der Waals surface area contributed by atoms with Gasteiger partial charge in [0.1, 0.15) is 0 Å². The van der Waals surface area contributed by atoms with E-state index < -0.39 is 11.2 Å². The Labute approximate surface area is 132 Å². The fourth-order valence-electron chi connectivity index (χ4n) is 2.15. The van der Waals surface area contributed by atoms with Gasteiger partial charge in [-0.25, -0.2) is 9.78 Å². The minimum Gasteiger partial charge on any atom is -0.396 e. The average Bonchev–Trinajstić information content (AvgIpc) is 2.82. The monoisotopic (exact) mass is 326 g/mol. The number of hydrogen-bond donors (Lipinski definition) is 2. The lowest BCUT2D eigenvalue weighted by Crippen LogP contribution is -2.29. The summed E-state index contributed by atoms with van der Waals surface area (Å²) >= 11 is 1.50. The lowest BCUT2D eigenvalue weighted by atomic mass is 10.1. The molecule has 0 saturated carbocycles. The van der Waals surface area contributed by atoms with Crippen LogP contribution in [-0.4, -0.2) is 36.6 Å². The van der Waals surface area contributed by atoms with Gasteiger partial charge in [-0.05, 0) is 18.8 Å². The zero-order chi connectivity index (χ0) is 16.3. The summed E-state index contributed by atoms with van der Waals surface area (Å²) in [4.78, 5) is 30.7. The van der Waals surface area contributed by atoms with Crippen molar-refractivity contribution in [3.63, 3.8) is 0 Å². The molecule has 122 valence electrons. The van der Waals surface area contributed by atoms with Gasteiger partial charge in [0.25, 0.3) is 5.56 Å². The second kappa shape index (κ2) is 7.15. The van der Waals surface area contributed by atoms with Crippen molar-refractivity contribution in [2.45, 2.75) is 38.4 Å². The third-order valence-electron chi connectivity index (χ3n) is 3.44. The Morgan fingerprint density at radius 2 is 2.09 bits per heavy atom. The lowest BCUT2D eigenvalue weighted by Gasteiger charge is -2.10. The number of hydrogen-bond acceptors (Lipinski definition) is 5. The van der Waals surface area contributed by atoms with Crippen molar-refractivity contribution >= 4 is 22.9 Å². The van der Waals surface area contributed by atoms with Crippen LogP contribution in [0.1, 0.15) is 26.7 Å². The lowest BCUT2D eigenvalue weighted by molar-refractivity contribution is 0.296. The fraction of sp³-hybridized carbons (Fsp3) is 0.643. The molecule has 0 atom stereocenters. The summed E-state index contributed by atoms with van der Waals surface area (Å²) in [6.45, 7) is 5.05. The summed E-state index contributed by atoms with van der Waals surface area (Å²) in [5, 5.41) is 9.63. The SMILES string of the molecule is CC(C)CCn1c(SCCCO)nc2c1c(=O)[nH]c(=O)n2C. The van der Waals surface area contributed by atoms with Crippen LogP contribution in [0.5, 0.6) is 0 Å². The van der Waals surface area contributed by atoms with Crippen molar-refractivity contribution in [2.24, 2.45) is 13.0 Å². The predicted octanol–water partition coefficient (Wildman–Crippen LogP) is 0.944. The van der Waals surface area contributed by atoms with E-state index in [2.05, 4.69) is 23.8 Å². The summed E-state index contributed by atoms with van der Waals surface area (Å²) in [5.74, 6) is 1.22. The number of rotatable bonds is 7. The Bertz CT molecular complexity index is 760. The standard InChI is InChI=1S/C14H22N4O3S/c1-9(2)5-6-18-10-11(15-14(18)22-8-4-7-19)17(3)13(21)16-12(10)20/h9,19H,4-8H2,1-3H3,(H,16,20,21). The summed E-state index contributed by atoms with van der Waals surface area (Å²) in [5.41, 5.74) is -0.0143. The first-order valence-electron chi connectivity index (χ1n) is 7.39. The van der Waals surface area contributed by atoms with Crippen molar-refractivity contribution in [1.29, 1.82) is 0 Å². The molecule has 0 fully saturated rings. The Morgan fingerprint density at radius 3 is 2.73 bits per heavy atom. The van der Waals surface area contributed by atoms with E-state index in [1.54, 1.807) is 7.05 Å². The van der Waals surface area contributed by atoms with Gasteiger partial charge in [0, 0.05) is 26.0 Å². The van der Waals surface area contributed by atoms with Gasteiger partial charge >= 0.3 is 5.69 Å². The zero-order valence-electron chi connectivity index (χ0n) is 13.1. The summed E-state index contributed by atoms with van der Waals surface area (Å²) in [7, 11) is 1.60. The van der Waals surface area contributed by atoms with Crippen molar-refractivity contribution in [2.75, 3.05) is 12.4 Å². The molecular weight excluding hydrogens is 304 g/mol. The van der Waals surface area contributed by atoms with Crippen molar-refractivity contribution < 1.29 is 5.11 Å². The van der Waals surface area contributed by atoms with E-state index in [-0.39, 0.29) is 6.61 Å². The van der Waals surface area contributed by atoms with E-state index in [4.69, 9.17) is 5.11 Å². The molecule has 7 nitrogen and oxygen atoms in total. The number of fused-ring (bicyclic) bond motifs is 1. The Kier molecular flexibility index (Phi) is 5.47. The molecule has 0 aromatic carbocycles. The maximum Gasteiger partial charge on any atom is 0.329 e. The molecule has 2 N–H and O–H groups in total. The average molecular weight is 326 g/mol. The van der Waals surface area contributed by atoms with Gasteiger partial charge in [0.2, 0.25) is 0 Å². The second-order valence-corrected chi connectivity index (χ2v) is 6.71. The number of aliphatic hydroxyl groups excluding tert-OH is 1. The highest BCUT2D eigenvalue weighted by atomic mass is 32.2. The van der Waals surface area contributed by atoms with Gasteiger partial charge in [0.05, 0.1) is 0 Å². The molecule has 0 aliphatic carbocycles. The van der Waals surface area contributed by atoms with E-state index in [9.17, 15) is 9.59 Å². The fourth-order valence-corrected chi connectivity index (χ4v) is 3.09. The number of imidazole rings is 1. The van der Waals surface area contributed by atoms with E-state index in [1.165, 1.54) is 16.3 Å². The van der Waals surface area contributed by atoms with Gasteiger partial charge in [-0.2, -0.15) is 0 Å². The normalized spacial score (nSPS) is 11.7. The molecule has 2 aromatic rings. The Hall–Kier alpha value is -1.54. The first-order chi connectivity index (χ1) is 10.5. The van der Waals surface area contributed by atoms with Gasteiger partial charge in [-0.3, -0.25) is 14.3 Å². The van der Waals surface area contributed by atoms with Crippen molar-refractivity contribution in [3.8, 4) is 0 Å². The molecule has 0 bridgehead atoms. The van der Waals surface area contributed by atoms with E-state index >= 15 is 0 Å². The topological polar surface area (TPSA) is 92.9 Å². The van der Waals surface area contributed by atoms with Crippen LogP contribution in [0.3, 0.4) is 0 Å². The molecule has 2 aromatic heterocycles. The van der Waals surface area contributed by atoms with Crippen LogP contribution in [0.2, 0.25) is 0 Å². The zero-order valence-corrected chi connectivity index (χ0v) is 13.9. The molecule has 0 radical (unpaired) electrons. The van der Waals surface area contributed by atoms with Crippen LogP contribution >= 0.6 is 11.8 Å². The molecule has 22 heavy (non-hydrogen) atoms. The van der Waals surface area contributed by atoms with Gasteiger partial charge in [0.15, 0.2) is 16.3 Å². The minimum absolute atomic E-state index is 0.123. The van der Waals surface area contributed by atoms with Gasteiger partial charge in [-0.1, -0.05) is 25.6 Å². The molecule has 2 heterocycles. The van der Waals surface area contributed by atoms with Crippen LogP contribution in [0, 0.1) is 5.92 Å². The number of nitrogens with zero attached hydrogens (tertiary/aromatic N) is 3. The number of nitrogens with one attached hydrogen (secondary N) is 1. The number of aliphatic hydroxyl groups is 1. The molecule has 0 spiro atoms. The van der Waals surface area contributed by atoms with E-state index in [1.807, 2.05) is 4.57 Å². The third-order valence-corrected chi connectivity index (χ3v) is 4.50. The number of H-pyrrole nitrogens is 1. The minimum atomic E-state index is -0.460. The van der Waals surface area contributed by atoms with Gasteiger partial charge < -0.3 is 9.67 Å². The third kappa shape index (κ3) is 3.44. The maximum absolute atomic E-state index is 12.2. The van der Waals surface area contributed by atoms with Gasteiger partial charge in [-0.15, -0.1) is 0 Å². The summed E-state index contributed by atoms with van der Waals surface area (Å²) in [6, 6.07) is 0. The number of thioether (sulfide) groups is 1. The number of aromatic nitrogens is 4. The first kappa shape index (κ1) is 16.8. The summed E-state index contributed by atoms with van der Waals surface area (Å²) < 4.78 is 3.24.